The molecule has 5 heteroatoms. The van der Waals surface area contributed by atoms with E-state index in [1.807, 2.05) is 6.20 Å². The number of nitrogens with one attached hydrogen (secondary N) is 2. The summed E-state index contributed by atoms with van der Waals surface area (Å²) in [7, 11) is 2.17. The van der Waals surface area contributed by atoms with E-state index in [-0.39, 0.29) is 0 Å². The largest absolute Gasteiger partial charge is 0.340 e. The van der Waals surface area contributed by atoms with Crippen LogP contribution in [0.15, 0.2) is 6.20 Å². The first kappa shape index (κ1) is 13.4. The average molecular weight is 251 g/mol. The normalized spacial score (nSPS) is 17.7. The van der Waals surface area contributed by atoms with E-state index in [0.717, 1.165) is 45.2 Å². The van der Waals surface area contributed by atoms with Gasteiger partial charge in [-0.3, -0.25) is 0 Å². The Morgan fingerprint density at radius 2 is 2.06 bits per heavy atom. The highest BCUT2D eigenvalue weighted by atomic mass is 15.3. The fourth-order valence-electron chi connectivity index (χ4n) is 2.11. The zero-order valence-corrected chi connectivity index (χ0v) is 11.7. The van der Waals surface area contributed by atoms with Crippen LogP contribution in [0.5, 0.6) is 0 Å². The van der Waals surface area contributed by atoms with Crippen molar-refractivity contribution in [3.05, 3.63) is 11.9 Å². The lowest BCUT2D eigenvalue weighted by molar-refractivity contribution is 0.311. The van der Waals surface area contributed by atoms with E-state index in [1.54, 1.807) is 0 Å². The van der Waals surface area contributed by atoms with Crippen molar-refractivity contribution in [3.8, 4) is 0 Å². The van der Waals surface area contributed by atoms with Crippen molar-refractivity contribution in [1.82, 2.24) is 20.2 Å². The third-order valence-electron chi connectivity index (χ3n) is 3.29. The van der Waals surface area contributed by atoms with Gasteiger partial charge in [-0.2, -0.15) is 0 Å². The number of anilines is 1. The number of nitrogens with zero attached hydrogens (tertiary/aromatic N) is 3. The van der Waals surface area contributed by atoms with E-state index >= 15 is 0 Å². The molecule has 0 aromatic carbocycles. The topological polar surface area (TPSA) is 47.2 Å². The minimum atomic E-state index is 0.685. The third-order valence-corrected chi connectivity index (χ3v) is 3.29. The zero-order chi connectivity index (χ0) is 13.0. The van der Waals surface area contributed by atoms with E-state index in [1.165, 1.54) is 5.69 Å². The van der Waals surface area contributed by atoms with Crippen LogP contribution in [-0.4, -0.2) is 54.6 Å². The molecule has 1 aliphatic rings. The number of H-pyrrole nitrogens is 1. The molecule has 0 aliphatic carbocycles. The first-order chi connectivity index (χ1) is 8.65. The van der Waals surface area contributed by atoms with Crippen LogP contribution in [-0.2, 0) is 6.54 Å². The molecule has 1 aromatic heterocycles. The minimum absolute atomic E-state index is 0.685. The summed E-state index contributed by atoms with van der Waals surface area (Å²) in [6.45, 7) is 10.7. The van der Waals surface area contributed by atoms with Crippen LogP contribution in [0.4, 0.5) is 5.95 Å². The van der Waals surface area contributed by atoms with Gasteiger partial charge in [0.1, 0.15) is 0 Å². The maximum Gasteiger partial charge on any atom is 0.203 e. The Balaban J connectivity index is 1.82. The number of aromatic nitrogens is 2. The van der Waals surface area contributed by atoms with Gasteiger partial charge in [-0.25, -0.2) is 4.98 Å². The Labute approximate surface area is 110 Å². The molecule has 0 atom stereocenters. The first-order valence-electron chi connectivity index (χ1n) is 6.83. The maximum atomic E-state index is 4.47. The summed E-state index contributed by atoms with van der Waals surface area (Å²) >= 11 is 0. The highest BCUT2D eigenvalue weighted by molar-refractivity contribution is 5.32. The highest BCUT2D eigenvalue weighted by Gasteiger charge is 2.16. The van der Waals surface area contributed by atoms with E-state index in [0.29, 0.717) is 5.92 Å². The maximum absolute atomic E-state index is 4.47. The predicted octanol–water partition coefficient (Wildman–Crippen LogP) is 0.907. The van der Waals surface area contributed by atoms with Gasteiger partial charge in [0.15, 0.2) is 0 Å². The molecule has 0 bridgehead atoms. The second-order valence-corrected chi connectivity index (χ2v) is 5.55. The molecule has 0 unspecified atom stereocenters. The zero-order valence-electron chi connectivity index (χ0n) is 11.7. The average Bonchev–Trinajstić information content (AvgIpc) is 2.78. The van der Waals surface area contributed by atoms with Crippen molar-refractivity contribution in [2.24, 2.45) is 5.92 Å². The predicted molar refractivity (Wildman–Crippen MR) is 74.8 cm³/mol. The molecule has 0 saturated carbocycles. The number of hydrogen-bond donors (Lipinski definition) is 2. The van der Waals surface area contributed by atoms with Gasteiger partial charge in [-0.1, -0.05) is 13.8 Å². The van der Waals surface area contributed by atoms with Crippen molar-refractivity contribution < 1.29 is 0 Å². The van der Waals surface area contributed by atoms with Gasteiger partial charge in [0.2, 0.25) is 5.95 Å². The van der Waals surface area contributed by atoms with Crippen molar-refractivity contribution in [2.75, 3.05) is 44.7 Å². The van der Waals surface area contributed by atoms with Crippen LogP contribution in [0.2, 0.25) is 0 Å². The molecule has 2 heterocycles. The Bertz CT molecular complexity index is 352. The molecule has 1 saturated heterocycles. The number of likely N-dealkylation sites (N-methyl/N-ethyl adjacent to an activating group) is 1. The number of aromatic amines is 1. The van der Waals surface area contributed by atoms with Crippen LogP contribution in [0.1, 0.15) is 19.5 Å². The molecule has 5 nitrogen and oxygen atoms in total. The van der Waals surface area contributed by atoms with E-state index in [2.05, 4.69) is 46.0 Å². The molecule has 1 aromatic rings. The van der Waals surface area contributed by atoms with E-state index < -0.39 is 0 Å². The molecule has 0 amide bonds. The highest BCUT2D eigenvalue weighted by Crippen LogP contribution is 2.11. The quantitative estimate of drug-likeness (QED) is 0.816. The summed E-state index contributed by atoms with van der Waals surface area (Å²) in [4.78, 5) is 12.6. The smallest absolute Gasteiger partial charge is 0.203 e. The molecular formula is C13H25N5. The lowest BCUT2D eigenvalue weighted by Crippen LogP contribution is -2.44. The van der Waals surface area contributed by atoms with Crippen LogP contribution < -0.4 is 10.2 Å². The molecule has 102 valence electrons. The van der Waals surface area contributed by atoms with Crippen molar-refractivity contribution in [2.45, 2.75) is 20.4 Å². The van der Waals surface area contributed by atoms with Crippen molar-refractivity contribution in [1.29, 1.82) is 0 Å². The van der Waals surface area contributed by atoms with E-state index in [4.69, 9.17) is 0 Å². The first-order valence-corrected chi connectivity index (χ1v) is 6.83. The standard InChI is InChI=1S/C13H25N5/c1-11(2)8-14-9-12-10-15-13(16-12)18-6-4-17(3)5-7-18/h10-11,14H,4-9H2,1-3H3,(H,15,16). The summed E-state index contributed by atoms with van der Waals surface area (Å²) < 4.78 is 0. The SMILES string of the molecule is CC(C)CNCc1cnc(N2CCN(C)CC2)[nH]1. The molecule has 18 heavy (non-hydrogen) atoms. The Morgan fingerprint density at radius 3 is 2.72 bits per heavy atom. The molecule has 1 aliphatic heterocycles. The lowest BCUT2D eigenvalue weighted by atomic mass is 10.2. The van der Waals surface area contributed by atoms with Gasteiger partial charge in [0, 0.05) is 32.7 Å². The van der Waals surface area contributed by atoms with Gasteiger partial charge < -0.3 is 20.1 Å². The molecular weight excluding hydrogens is 226 g/mol. The summed E-state index contributed by atoms with van der Waals surface area (Å²) in [5, 5.41) is 3.43. The fourth-order valence-corrected chi connectivity index (χ4v) is 2.11. The Kier molecular flexibility index (Phi) is 4.60. The summed E-state index contributed by atoms with van der Waals surface area (Å²) in [6.07, 6.45) is 1.95. The molecule has 2 rings (SSSR count). The second-order valence-electron chi connectivity index (χ2n) is 5.55. The fraction of sp³-hybridized carbons (Fsp3) is 0.769. The van der Waals surface area contributed by atoms with Crippen LogP contribution >= 0.6 is 0 Å². The number of piperazine rings is 1. The van der Waals surface area contributed by atoms with Gasteiger partial charge in [-0.15, -0.1) is 0 Å². The summed E-state index contributed by atoms with van der Waals surface area (Å²) in [6, 6.07) is 0. The molecule has 0 spiro atoms. The van der Waals surface area contributed by atoms with E-state index in [9.17, 15) is 0 Å². The summed E-state index contributed by atoms with van der Waals surface area (Å²) in [5.41, 5.74) is 1.17. The minimum Gasteiger partial charge on any atom is -0.340 e. The Hall–Kier alpha value is -1.07. The third kappa shape index (κ3) is 3.71. The number of rotatable bonds is 5. The van der Waals surface area contributed by atoms with Gasteiger partial charge in [0.25, 0.3) is 0 Å². The Morgan fingerprint density at radius 1 is 1.33 bits per heavy atom. The van der Waals surface area contributed by atoms with Gasteiger partial charge in [-0.05, 0) is 19.5 Å². The molecule has 0 radical (unpaired) electrons. The summed E-state index contributed by atoms with van der Waals surface area (Å²) in [5.74, 6) is 1.70. The monoisotopic (exact) mass is 251 g/mol. The molecule has 2 N–H and O–H groups in total. The number of imidazole rings is 1. The van der Waals surface area contributed by atoms with Gasteiger partial charge in [0.05, 0.1) is 11.9 Å². The van der Waals surface area contributed by atoms with Crippen molar-refractivity contribution in [3.63, 3.8) is 0 Å². The van der Waals surface area contributed by atoms with Crippen LogP contribution in [0.3, 0.4) is 0 Å². The van der Waals surface area contributed by atoms with Crippen LogP contribution in [0.25, 0.3) is 0 Å². The van der Waals surface area contributed by atoms with Gasteiger partial charge >= 0.3 is 0 Å². The van der Waals surface area contributed by atoms with Crippen LogP contribution in [0, 0.1) is 5.92 Å². The number of hydrogen-bond acceptors (Lipinski definition) is 4. The van der Waals surface area contributed by atoms with Crippen molar-refractivity contribution >= 4 is 5.95 Å². The molecule has 1 fully saturated rings. The second kappa shape index (κ2) is 6.20. The lowest BCUT2D eigenvalue weighted by Gasteiger charge is -2.32.